The van der Waals surface area contributed by atoms with Gasteiger partial charge < -0.3 is 15.5 Å². The maximum absolute atomic E-state index is 13.1. The molecule has 1 aromatic heterocycles. The highest BCUT2D eigenvalue weighted by atomic mass is 127. The molecular formula is C20H28F3IN6. The fraction of sp³-hybridized carbons (Fsp3) is 0.500. The molecule has 1 aromatic carbocycles. The maximum Gasteiger partial charge on any atom is 0.435 e. The lowest BCUT2D eigenvalue weighted by Gasteiger charge is -2.34. The summed E-state index contributed by atoms with van der Waals surface area (Å²) in [5.74, 6) is 0.530. The summed E-state index contributed by atoms with van der Waals surface area (Å²) in [6.45, 7) is 4.32. The van der Waals surface area contributed by atoms with Gasteiger partial charge in [-0.15, -0.1) is 24.0 Å². The molecule has 0 spiro atoms. The number of aliphatic imine (C=N–C) groups is 1. The first-order valence-corrected chi connectivity index (χ1v) is 9.81. The van der Waals surface area contributed by atoms with Gasteiger partial charge in [-0.05, 0) is 31.9 Å². The Bertz CT molecular complexity index is 814. The predicted octanol–water partition coefficient (Wildman–Crippen LogP) is 3.78. The number of benzene rings is 1. The van der Waals surface area contributed by atoms with Gasteiger partial charge in [0.2, 0.25) is 0 Å². The number of guanidine groups is 1. The van der Waals surface area contributed by atoms with Gasteiger partial charge in [0, 0.05) is 50.2 Å². The standard InChI is InChI=1S/C20H27F3N6.HI/c1-3-24-19(25-13-15-14-28(2)27-18(15)20(21,22)23)26-16-9-11-29(12-10-16)17-7-5-4-6-8-17;/h4-8,14,16H,3,9-13H2,1-2H3,(H2,24,25,26);1H. The van der Waals surface area contributed by atoms with Gasteiger partial charge in [0.15, 0.2) is 11.7 Å². The minimum atomic E-state index is -4.48. The second kappa shape index (κ2) is 10.9. The van der Waals surface area contributed by atoms with Gasteiger partial charge in [-0.1, -0.05) is 18.2 Å². The highest BCUT2D eigenvalue weighted by Gasteiger charge is 2.36. The summed E-state index contributed by atoms with van der Waals surface area (Å²) in [4.78, 5) is 6.71. The van der Waals surface area contributed by atoms with E-state index in [-0.39, 0.29) is 42.1 Å². The zero-order chi connectivity index (χ0) is 20.9. The van der Waals surface area contributed by atoms with Crippen LogP contribution in [0.5, 0.6) is 0 Å². The second-order valence-corrected chi connectivity index (χ2v) is 7.11. The monoisotopic (exact) mass is 536 g/mol. The van der Waals surface area contributed by atoms with Gasteiger partial charge in [-0.2, -0.15) is 18.3 Å². The number of piperidine rings is 1. The summed E-state index contributed by atoms with van der Waals surface area (Å²) in [5.41, 5.74) is 0.398. The molecule has 1 aliphatic heterocycles. The molecule has 1 aliphatic rings. The summed E-state index contributed by atoms with van der Waals surface area (Å²) in [6, 6.07) is 10.5. The Morgan fingerprint density at radius 1 is 1.20 bits per heavy atom. The number of para-hydroxylation sites is 1. The fourth-order valence-corrected chi connectivity index (χ4v) is 3.49. The van der Waals surface area contributed by atoms with Crippen molar-refractivity contribution < 1.29 is 13.2 Å². The minimum absolute atomic E-state index is 0. The Hall–Kier alpha value is -1.98. The van der Waals surface area contributed by atoms with E-state index in [0.29, 0.717) is 12.5 Å². The first-order chi connectivity index (χ1) is 13.9. The molecule has 0 atom stereocenters. The number of hydrogen-bond acceptors (Lipinski definition) is 3. The largest absolute Gasteiger partial charge is 0.435 e. The molecule has 0 amide bonds. The normalized spacial score (nSPS) is 15.6. The quantitative estimate of drug-likeness (QED) is 0.347. The van der Waals surface area contributed by atoms with Gasteiger partial charge in [0.1, 0.15) is 0 Å². The van der Waals surface area contributed by atoms with E-state index in [9.17, 15) is 13.2 Å². The predicted molar refractivity (Wildman–Crippen MR) is 123 cm³/mol. The molecule has 2 N–H and O–H groups in total. The van der Waals surface area contributed by atoms with E-state index < -0.39 is 11.9 Å². The van der Waals surface area contributed by atoms with Crippen LogP contribution in [0.25, 0.3) is 0 Å². The molecule has 0 radical (unpaired) electrons. The third kappa shape index (κ3) is 6.51. The van der Waals surface area contributed by atoms with Crippen molar-refractivity contribution in [3.63, 3.8) is 0 Å². The highest BCUT2D eigenvalue weighted by molar-refractivity contribution is 14.0. The van der Waals surface area contributed by atoms with Crippen LogP contribution in [-0.2, 0) is 19.8 Å². The van der Waals surface area contributed by atoms with Gasteiger partial charge in [-0.25, -0.2) is 4.99 Å². The minimum Gasteiger partial charge on any atom is -0.371 e. The molecule has 0 aliphatic carbocycles. The Balaban J connectivity index is 0.00000320. The first-order valence-electron chi connectivity index (χ1n) is 9.81. The van der Waals surface area contributed by atoms with Crippen LogP contribution in [0.3, 0.4) is 0 Å². The van der Waals surface area contributed by atoms with Gasteiger partial charge in [0.25, 0.3) is 0 Å². The average Bonchev–Trinajstić information content (AvgIpc) is 3.09. The number of nitrogens with zero attached hydrogens (tertiary/aromatic N) is 4. The van der Waals surface area contributed by atoms with Crippen LogP contribution >= 0.6 is 24.0 Å². The molecule has 1 fully saturated rings. The summed E-state index contributed by atoms with van der Waals surface area (Å²) >= 11 is 0. The van der Waals surface area contributed by atoms with Crippen molar-refractivity contribution in [1.82, 2.24) is 20.4 Å². The Morgan fingerprint density at radius 2 is 1.87 bits per heavy atom. The summed E-state index contributed by atoms with van der Waals surface area (Å²) < 4.78 is 40.5. The van der Waals surface area contributed by atoms with Crippen molar-refractivity contribution in [2.24, 2.45) is 12.0 Å². The van der Waals surface area contributed by atoms with Crippen LogP contribution in [0.1, 0.15) is 31.0 Å². The second-order valence-electron chi connectivity index (χ2n) is 7.11. The molecule has 0 saturated carbocycles. The van der Waals surface area contributed by atoms with Crippen LogP contribution < -0.4 is 15.5 Å². The Morgan fingerprint density at radius 3 is 2.47 bits per heavy atom. The molecule has 166 valence electrons. The zero-order valence-electron chi connectivity index (χ0n) is 17.1. The van der Waals surface area contributed by atoms with E-state index in [1.807, 2.05) is 25.1 Å². The number of aromatic nitrogens is 2. The molecule has 3 rings (SSSR count). The smallest absolute Gasteiger partial charge is 0.371 e. The number of alkyl halides is 3. The van der Waals surface area contributed by atoms with Crippen LogP contribution in [0.2, 0.25) is 0 Å². The average molecular weight is 536 g/mol. The summed E-state index contributed by atoms with van der Waals surface area (Å²) in [6.07, 6.45) is -1.25. The third-order valence-corrected chi connectivity index (χ3v) is 4.88. The number of hydrogen-bond donors (Lipinski definition) is 2. The van der Waals surface area contributed by atoms with E-state index >= 15 is 0 Å². The van der Waals surface area contributed by atoms with E-state index in [1.54, 1.807) is 0 Å². The van der Waals surface area contributed by atoms with Crippen LogP contribution in [0.15, 0.2) is 41.5 Å². The number of rotatable bonds is 5. The van der Waals surface area contributed by atoms with Crippen molar-refractivity contribution in [2.75, 3.05) is 24.5 Å². The van der Waals surface area contributed by atoms with Crippen molar-refractivity contribution >= 4 is 35.6 Å². The van der Waals surface area contributed by atoms with Crippen LogP contribution in [0.4, 0.5) is 18.9 Å². The third-order valence-electron chi connectivity index (χ3n) is 4.88. The lowest BCUT2D eigenvalue weighted by atomic mass is 10.0. The molecule has 1 saturated heterocycles. The van der Waals surface area contributed by atoms with Gasteiger partial charge in [-0.3, -0.25) is 4.68 Å². The van der Waals surface area contributed by atoms with Crippen molar-refractivity contribution in [3.8, 4) is 0 Å². The summed E-state index contributed by atoms with van der Waals surface area (Å²) in [7, 11) is 1.48. The van der Waals surface area contributed by atoms with E-state index in [2.05, 4.69) is 37.8 Å². The van der Waals surface area contributed by atoms with Crippen molar-refractivity contribution in [1.29, 1.82) is 0 Å². The first kappa shape index (κ1) is 24.3. The van der Waals surface area contributed by atoms with E-state index in [0.717, 1.165) is 25.9 Å². The Labute approximate surface area is 191 Å². The molecule has 6 nitrogen and oxygen atoms in total. The summed E-state index contributed by atoms with van der Waals surface area (Å²) in [5, 5.41) is 10.0. The SMILES string of the molecule is CCNC(=NCc1cn(C)nc1C(F)(F)F)NC1CCN(c2ccccc2)CC1.I. The fourth-order valence-electron chi connectivity index (χ4n) is 3.49. The van der Waals surface area contributed by atoms with Crippen molar-refractivity contribution in [3.05, 3.63) is 47.8 Å². The molecule has 0 bridgehead atoms. The topological polar surface area (TPSA) is 57.5 Å². The highest BCUT2D eigenvalue weighted by Crippen LogP contribution is 2.30. The van der Waals surface area contributed by atoms with Crippen LogP contribution in [-0.4, -0.2) is 41.4 Å². The van der Waals surface area contributed by atoms with Gasteiger partial charge >= 0.3 is 6.18 Å². The number of aryl methyl sites for hydroxylation is 1. The molecule has 2 aromatic rings. The van der Waals surface area contributed by atoms with Gasteiger partial charge in [0.05, 0.1) is 6.54 Å². The lowest BCUT2D eigenvalue weighted by molar-refractivity contribution is -0.142. The Kier molecular flexibility index (Phi) is 8.80. The van der Waals surface area contributed by atoms with E-state index in [1.165, 1.54) is 23.6 Å². The number of halogens is 4. The maximum atomic E-state index is 13.1. The molecule has 10 heteroatoms. The molecular weight excluding hydrogens is 508 g/mol. The number of anilines is 1. The zero-order valence-corrected chi connectivity index (χ0v) is 19.4. The van der Waals surface area contributed by atoms with Crippen LogP contribution in [0, 0.1) is 0 Å². The van der Waals surface area contributed by atoms with Crippen molar-refractivity contribution in [2.45, 2.75) is 38.5 Å². The van der Waals surface area contributed by atoms with E-state index in [4.69, 9.17) is 0 Å². The number of nitrogens with one attached hydrogen (secondary N) is 2. The lowest BCUT2D eigenvalue weighted by Crippen LogP contribution is -2.48. The molecule has 30 heavy (non-hydrogen) atoms. The molecule has 0 unspecified atom stereocenters. The molecule has 2 heterocycles.